The summed E-state index contributed by atoms with van der Waals surface area (Å²) in [6, 6.07) is 11.3. The quantitative estimate of drug-likeness (QED) is 0.894. The van der Waals surface area contributed by atoms with Crippen molar-refractivity contribution in [1.82, 2.24) is 4.90 Å². The maximum absolute atomic E-state index is 12.6. The zero-order valence-corrected chi connectivity index (χ0v) is 14.6. The molecular formula is C19H22N2O2S. The molecule has 126 valence electrons. The average molecular weight is 342 g/mol. The van der Waals surface area contributed by atoms with Gasteiger partial charge in [0.15, 0.2) is 0 Å². The molecular weight excluding hydrogens is 320 g/mol. The van der Waals surface area contributed by atoms with E-state index in [1.165, 1.54) is 16.9 Å². The van der Waals surface area contributed by atoms with E-state index in [4.69, 9.17) is 0 Å². The molecule has 1 aliphatic heterocycles. The van der Waals surface area contributed by atoms with Gasteiger partial charge in [0.1, 0.15) is 6.04 Å². The Bertz CT molecular complexity index is 695. The van der Waals surface area contributed by atoms with Crippen LogP contribution in [0.15, 0.2) is 41.8 Å². The summed E-state index contributed by atoms with van der Waals surface area (Å²) in [7, 11) is 0. The van der Waals surface area contributed by atoms with Gasteiger partial charge in [0.2, 0.25) is 5.91 Å². The lowest BCUT2D eigenvalue weighted by molar-refractivity contribution is -0.119. The van der Waals surface area contributed by atoms with Crippen molar-refractivity contribution in [2.24, 2.45) is 0 Å². The van der Waals surface area contributed by atoms with Crippen molar-refractivity contribution < 1.29 is 9.59 Å². The Hall–Kier alpha value is -2.14. The van der Waals surface area contributed by atoms with E-state index in [0.29, 0.717) is 11.4 Å². The molecule has 2 aromatic rings. The molecule has 1 fully saturated rings. The molecule has 1 atom stereocenters. The van der Waals surface area contributed by atoms with Gasteiger partial charge < -0.3 is 10.2 Å². The molecule has 0 spiro atoms. The smallest absolute Gasteiger partial charge is 0.264 e. The second-order valence-corrected chi connectivity index (χ2v) is 7.02. The van der Waals surface area contributed by atoms with Gasteiger partial charge in [0.25, 0.3) is 5.91 Å². The number of nitrogens with zero attached hydrogens (tertiary/aromatic N) is 1. The first-order chi connectivity index (χ1) is 11.7. The molecule has 1 aromatic carbocycles. The van der Waals surface area contributed by atoms with Crippen molar-refractivity contribution in [1.29, 1.82) is 0 Å². The van der Waals surface area contributed by atoms with Crippen molar-refractivity contribution in [2.45, 2.75) is 38.6 Å². The van der Waals surface area contributed by atoms with Crippen LogP contribution >= 0.6 is 11.3 Å². The molecule has 0 bridgehead atoms. The molecule has 24 heavy (non-hydrogen) atoms. The monoisotopic (exact) mass is 342 g/mol. The fourth-order valence-corrected chi connectivity index (χ4v) is 3.77. The molecule has 5 heteroatoms. The zero-order valence-electron chi connectivity index (χ0n) is 13.8. The van der Waals surface area contributed by atoms with Gasteiger partial charge >= 0.3 is 0 Å². The SMILES string of the molecule is CCCc1ccc(NC(=O)[C@@H]2CCCN2C(=O)c2cccs2)cc1. The fraction of sp³-hybridized carbons (Fsp3) is 0.368. The highest BCUT2D eigenvalue weighted by Crippen LogP contribution is 2.23. The number of carbonyl (C=O) groups is 2. The Kier molecular flexibility index (Phi) is 5.30. The summed E-state index contributed by atoms with van der Waals surface area (Å²) in [5.41, 5.74) is 2.06. The van der Waals surface area contributed by atoms with Gasteiger partial charge in [0.05, 0.1) is 4.88 Å². The molecule has 1 saturated heterocycles. The number of anilines is 1. The minimum Gasteiger partial charge on any atom is -0.326 e. The Morgan fingerprint density at radius 3 is 2.71 bits per heavy atom. The maximum atomic E-state index is 12.6. The molecule has 1 aliphatic rings. The van der Waals surface area contributed by atoms with E-state index in [9.17, 15) is 9.59 Å². The van der Waals surface area contributed by atoms with Crippen molar-refractivity contribution >= 4 is 28.8 Å². The number of nitrogens with one attached hydrogen (secondary N) is 1. The third kappa shape index (κ3) is 3.67. The molecule has 0 aliphatic carbocycles. The molecule has 1 aromatic heterocycles. The Morgan fingerprint density at radius 2 is 2.04 bits per heavy atom. The molecule has 2 heterocycles. The van der Waals surface area contributed by atoms with Crippen molar-refractivity contribution in [2.75, 3.05) is 11.9 Å². The molecule has 2 amide bonds. The third-order valence-electron chi connectivity index (χ3n) is 4.31. The largest absolute Gasteiger partial charge is 0.326 e. The summed E-state index contributed by atoms with van der Waals surface area (Å²) < 4.78 is 0. The van der Waals surface area contributed by atoms with E-state index in [0.717, 1.165) is 31.4 Å². The molecule has 4 nitrogen and oxygen atoms in total. The van der Waals surface area contributed by atoms with Crippen molar-refractivity contribution in [3.63, 3.8) is 0 Å². The van der Waals surface area contributed by atoms with Gasteiger partial charge in [-0.1, -0.05) is 31.5 Å². The lowest BCUT2D eigenvalue weighted by atomic mass is 10.1. The maximum Gasteiger partial charge on any atom is 0.264 e. The van der Waals surface area contributed by atoms with Gasteiger partial charge in [-0.15, -0.1) is 11.3 Å². The van der Waals surface area contributed by atoms with Crippen LogP contribution in [0.4, 0.5) is 5.69 Å². The van der Waals surface area contributed by atoms with Crippen LogP contribution < -0.4 is 5.32 Å². The molecule has 0 unspecified atom stereocenters. The number of hydrogen-bond acceptors (Lipinski definition) is 3. The van der Waals surface area contributed by atoms with Crippen LogP contribution in [0.25, 0.3) is 0 Å². The molecule has 1 N–H and O–H groups in total. The van der Waals surface area contributed by atoms with Crippen LogP contribution in [0.2, 0.25) is 0 Å². The number of rotatable bonds is 5. The summed E-state index contributed by atoms with van der Waals surface area (Å²) in [4.78, 5) is 27.6. The predicted molar refractivity (Wildman–Crippen MR) is 97.4 cm³/mol. The fourth-order valence-electron chi connectivity index (χ4n) is 3.09. The van der Waals surface area contributed by atoms with Gasteiger partial charge in [-0.25, -0.2) is 0 Å². The second kappa shape index (κ2) is 7.62. The summed E-state index contributed by atoms with van der Waals surface area (Å²) in [6.07, 6.45) is 3.73. The average Bonchev–Trinajstić information content (AvgIpc) is 3.28. The van der Waals surface area contributed by atoms with Crippen LogP contribution in [0.1, 0.15) is 41.4 Å². The van der Waals surface area contributed by atoms with E-state index in [1.54, 1.807) is 4.90 Å². The van der Waals surface area contributed by atoms with E-state index in [2.05, 4.69) is 12.2 Å². The van der Waals surface area contributed by atoms with Gasteiger partial charge in [-0.2, -0.15) is 0 Å². The number of benzene rings is 1. The van der Waals surface area contributed by atoms with Gasteiger partial charge in [-0.3, -0.25) is 9.59 Å². The summed E-state index contributed by atoms with van der Waals surface area (Å²) >= 11 is 1.42. The van der Waals surface area contributed by atoms with E-state index >= 15 is 0 Å². The topological polar surface area (TPSA) is 49.4 Å². The molecule has 3 rings (SSSR count). The predicted octanol–water partition coefficient (Wildman–Crippen LogP) is 3.94. The number of likely N-dealkylation sites (tertiary alicyclic amines) is 1. The van der Waals surface area contributed by atoms with Crippen LogP contribution in [-0.4, -0.2) is 29.3 Å². The first-order valence-electron chi connectivity index (χ1n) is 8.43. The van der Waals surface area contributed by atoms with Crippen LogP contribution in [0, 0.1) is 0 Å². The minimum absolute atomic E-state index is 0.0408. The Morgan fingerprint density at radius 1 is 1.25 bits per heavy atom. The minimum atomic E-state index is -0.380. The van der Waals surface area contributed by atoms with Crippen molar-refractivity contribution in [3.8, 4) is 0 Å². The normalized spacial score (nSPS) is 17.0. The lowest BCUT2D eigenvalue weighted by Gasteiger charge is -2.23. The summed E-state index contributed by atoms with van der Waals surface area (Å²) in [5.74, 6) is -0.137. The Labute approximate surface area is 146 Å². The third-order valence-corrected chi connectivity index (χ3v) is 5.17. The second-order valence-electron chi connectivity index (χ2n) is 6.07. The summed E-state index contributed by atoms with van der Waals surface area (Å²) in [6.45, 7) is 2.79. The van der Waals surface area contributed by atoms with Crippen molar-refractivity contribution in [3.05, 3.63) is 52.2 Å². The van der Waals surface area contributed by atoms with Gasteiger partial charge in [-0.05, 0) is 48.4 Å². The van der Waals surface area contributed by atoms with E-state index in [-0.39, 0.29) is 17.9 Å². The molecule has 0 radical (unpaired) electrons. The number of amides is 2. The van der Waals surface area contributed by atoms with Crippen LogP contribution in [-0.2, 0) is 11.2 Å². The van der Waals surface area contributed by atoms with E-state index < -0.39 is 0 Å². The number of hydrogen-bond donors (Lipinski definition) is 1. The van der Waals surface area contributed by atoms with Gasteiger partial charge in [0, 0.05) is 12.2 Å². The molecule has 0 saturated carbocycles. The number of aryl methyl sites for hydroxylation is 1. The first-order valence-corrected chi connectivity index (χ1v) is 9.31. The first kappa shape index (κ1) is 16.7. The highest BCUT2D eigenvalue weighted by Gasteiger charge is 2.34. The zero-order chi connectivity index (χ0) is 16.9. The number of thiophene rings is 1. The van der Waals surface area contributed by atoms with E-state index in [1.807, 2.05) is 41.8 Å². The highest BCUT2D eigenvalue weighted by atomic mass is 32.1. The van der Waals surface area contributed by atoms with Crippen LogP contribution in [0.5, 0.6) is 0 Å². The van der Waals surface area contributed by atoms with Crippen LogP contribution in [0.3, 0.4) is 0 Å². The Balaban J connectivity index is 1.66. The highest BCUT2D eigenvalue weighted by molar-refractivity contribution is 7.12. The lowest BCUT2D eigenvalue weighted by Crippen LogP contribution is -2.42. The number of carbonyl (C=O) groups excluding carboxylic acids is 2. The standard InChI is InChI=1S/C19H22N2O2S/c1-2-5-14-8-10-15(11-9-14)20-18(22)16-6-3-12-21(16)19(23)17-7-4-13-24-17/h4,7-11,13,16H,2-3,5-6,12H2,1H3,(H,20,22)/t16-/m0/s1. The summed E-state index contributed by atoms with van der Waals surface area (Å²) in [5, 5.41) is 4.84.